The van der Waals surface area contributed by atoms with Crippen LogP contribution >= 0.6 is 15.9 Å². The zero-order chi connectivity index (χ0) is 19.5. The Labute approximate surface area is 164 Å². The maximum atomic E-state index is 12.6. The Balaban J connectivity index is 1.92. The van der Waals surface area contributed by atoms with Gasteiger partial charge >= 0.3 is 6.09 Å². The Morgan fingerprint density at radius 1 is 1.23 bits per heavy atom. The fourth-order valence-electron chi connectivity index (χ4n) is 2.87. The number of benzene rings is 1. The lowest BCUT2D eigenvalue weighted by atomic mass is 10.1. The van der Waals surface area contributed by atoms with E-state index >= 15 is 0 Å². The monoisotopic (exact) mass is 446 g/mol. The predicted molar refractivity (Wildman–Crippen MR) is 105 cm³/mol. The number of hydrogen-bond acceptors (Lipinski definition) is 4. The normalized spacial score (nSPS) is 17.1. The van der Waals surface area contributed by atoms with E-state index in [9.17, 15) is 13.2 Å². The van der Waals surface area contributed by atoms with Crippen molar-refractivity contribution in [1.29, 1.82) is 0 Å². The van der Waals surface area contributed by atoms with Gasteiger partial charge in [-0.1, -0.05) is 28.1 Å². The number of carbonyl (C=O) groups is 1. The van der Waals surface area contributed by atoms with Gasteiger partial charge in [-0.15, -0.1) is 0 Å². The summed E-state index contributed by atoms with van der Waals surface area (Å²) >= 11 is 3.35. The maximum Gasteiger partial charge on any atom is 0.410 e. The van der Waals surface area contributed by atoms with E-state index in [1.807, 2.05) is 45.0 Å². The third-order valence-corrected chi connectivity index (χ3v) is 6.69. The molecule has 0 atom stereocenters. The molecule has 1 fully saturated rings. The molecule has 6 nitrogen and oxygen atoms in total. The molecule has 0 unspecified atom stereocenters. The standard InChI is InChI=1S/C18H27BrN2O4S/c1-18(2,3)25-17(22)20(4)16-9-11-21(12-10-16)26(23,24)13-14-5-7-15(19)8-6-14/h5-8,16H,9-13H2,1-4H3. The smallest absolute Gasteiger partial charge is 0.410 e. The number of halogens is 1. The molecule has 0 bridgehead atoms. The lowest BCUT2D eigenvalue weighted by Crippen LogP contribution is -2.48. The van der Waals surface area contributed by atoms with Gasteiger partial charge in [-0.05, 0) is 51.3 Å². The molecule has 8 heteroatoms. The molecule has 1 amide bonds. The first-order valence-electron chi connectivity index (χ1n) is 8.66. The Hall–Kier alpha value is -1.12. The number of piperidine rings is 1. The molecule has 1 aliphatic heterocycles. The maximum absolute atomic E-state index is 12.6. The van der Waals surface area contributed by atoms with E-state index in [1.54, 1.807) is 11.9 Å². The van der Waals surface area contributed by atoms with Crippen LogP contribution in [0.1, 0.15) is 39.2 Å². The molecule has 146 valence electrons. The predicted octanol–water partition coefficient (Wildman–Crippen LogP) is 3.61. The van der Waals surface area contributed by atoms with Gasteiger partial charge in [0.05, 0.1) is 5.75 Å². The van der Waals surface area contributed by atoms with Gasteiger partial charge in [0.25, 0.3) is 0 Å². The van der Waals surface area contributed by atoms with Gasteiger partial charge in [0.15, 0.2) is 0 Å². The molecule has 0 N–H and O–H groups in total. The molecule has 1 saturated heterocycles. The Kier molecular flexibility index (Phi) is 6.74. The number of nitrogens with zero attached hydrogens (tertiary/aromatic N) is 2. The van der Waals surface area contributed by atoms with E-state index in [1.165, 1.54) is 4.31 Å². The zero-order valence-corrected chi connectivity index (χ0v) is 18.1. The van der Waals surface area contributed by atoms with Gasteiger partial charge in [0.1, 0.15) is 5.60 Å². The number of amides is 1. The van der Waals surface area contributed by atoms with Gasteiger partial charge in [-0.25, -0.2) is 17.5 Å². The topological polar surface area (TPSA) is 66.9 Å². The summed E-state index contributed by atoms with van der Waals surface area (Å²) in [6.07, 6.45) is 0.846. The average molecular weight is 447 g/mol. The summed E-state index contributed by atoms with van der Waals surface area (Å²) in [6, 6.07) is 7.29. The third-order valence-electron chi connectivity index (χ3n) is 4.31. The highest BCUT2D eigenvalue weighted by Crippen LogP contribution is 2.22. The fourth-order valence-corrected chi connectivity index (χ4v) is 4.70. The second kappa shape index (κ2) is 8.27. The van der Waals surface area contributed by atoms with Crippen LogP contribution in [-0.4, -0.2) is 55.5 Å². The highest BCUT2D eigenvalue weighted by atomic mass is 79.9. The number of ether oxygens (including phenoxy) is 1. The molecule has 26 heavy (non-hydrogen) atoms. The number of sulfonamides is 1. The molecule has 1 aliphatic rings. The van der Waals surface area contributed by atoms with Crippen LogP contribution in [0.4, 0.5) is 4.79 Å². The Bertz CT molecular complexity index is 721. The third kappa shape index (κ3) is 5.96. The summed E-state index contributed by atoms with van der Waals surface area (Å²) in [4.78, 5) is 13.8. The van der Waals surface area contributed by atoms with Gasteiger partial charge in [-0.3, -0.25) is 0 Å². The Morgan fingerprint density at radius 2 is 1.77 bits per heavy atom. The molecular formula is C18H27BrN2O4S. The van der Waals surface area contributed by atoms with E-state index < -0.39 is 15.6 Å². The lowest BCUT2D eigenvalue weighted by molar-refractivity contribution is 0.0178. The summed E-state index contributed by atoms with van der Waals surface area (Å²) in [5, 5.41) is 0. The molecule has 0 spiro atoms. The molecular weight excluding hydrogens is 420 g/mol. The number of carbonyl (C=O) groups excluding carboxylic acids is 1. The van der Waals surface area contributed by atoms with Gasteiger partial charge < -0.3 is 9.64 Å². The number of hydrogen-bond donors (Lipinski definition) is 0. The van der Waals surface area contributed by atoms with E-state index in [2.05, 4.69) is 15.9 Å². The number of rotatable bonds is 4. The van der Waals surface area contributed by atoms with Crippen molar-refractivity contribution in [2.24, 2.45) is 0 Å². The molecule has 2 rings (SSSR count). The van der Waals surface area contributed by atoms with E-state index in [0.29, 0.717) is 25.9 Å². The summed E-state index contributed by atoms with van der Waals surface area (Å²) in [6.45, 7) is 6.31. The van der Waals surface area contributed by atoms with Crippen LogP contribution in [0.25, 0.3) is 0 Å². The SMILES string of the molecule is CN(C(=O)OC(C)(C)C)C1CCN(S(=O)(=O)Cc2ccc(Br)cc2)CC1. The minimum Gasteiger partial charge on any atom is -0.444 e. The molecule has 0 aliphatic carbocycles. The molecule has 0 saturated carbocycles. The van der Waals surface area contributed by atoms with Crippen molar-refractivity contribution < 1.29 is 17.9 Å². The van der Waals surface area contributed by atoms with Crippen LogP contribution in [0, 0.1) is 0 Å². The molecule has 0 radical (unpaired) electrons. The van der Waals surface area contributed by atoms with Crippen molar-refractivity contribution in [3.63, 3.8) is 0 Å². The largest absolute Gasteiger partial charge is 0.444 e. The van der Waals surface area contributed by atoms with Crippen molar-refractivity contribution >= 4 is 32.0 Å². The van der Waals surface area contributed by atoms with Crippen LogP contribution in [0.2, 0.25) is 0 Å². The highest BCUT2D eigenvalue weighted by molar-refractivity contribution is 9.10. The summed E-state index contributed by atoms with van der Waals surface area (Å²) in [7, 11) is -1.65. The summed E-state index contributed by atoms with van der Waals surface area (Å²) in [5.41, 5.74) is 0.223. The van der Waals surface area contributed by atoms with Gasteiger partial charge in [0, 0.05) is 30.7 Å². The van der Waals surface area contributed by atoms with Crippen LogP contribution in [0.15, 0.2) is 28.7 Å². The van der Waals surface area contributed by atoms with Crippen molar-refractivity contribution in [3.8, 4) is 0 Å². The van der Waals surface area contributed by atoms with Crippen LogP contribution in [0.3, 0.4) is 0 Å². The van der Waals surface area contributed by atoms with Crippen molar-refractivity contribution in [1.82, 2.24) is 9.21 Å². The van der Waals surface area contributed by atoms with Crippen molar-refractivity contribution in [3.05, 3.63) is 34.3 Å². The minimum atomic E-state index is -3.36. The molecule has 1 aromatic carbocycles. The lowest BCUT2D eigenvalue weighted by Gasteiger charge is -2.36. The van der Waals surface area contributed by atoms with Crippen LogP contribution in [-0.2, 0) is 20.5 Å². The van der Waals surface area contributed by atoms with E-state index in [4.69, 9.17) is 4.74 Å². The Morgan fingerprint density at radius 3 is 2.27 bits per heavy atom. The fraction of sp³-hybridized carbons (Fsp3) is 0.611. The first-order valence-corrected chi connectivity index (χ1v) is 11.1. The van der Waals surface area contributed by atoms with Crippen molar-refractivity contribution in [2.45, 2.75) is 51.0 Å². The van der Waals surface area contributed by atoms with E-state index in [0.717, 1.165) is 10.0 Å². The molecule has 1 aromatic rings. The van der Waals surface area contributed by atoms with Crippen LogP contribution in [0.5, 0.6) is 0 Å². The first kappa shape index (κ1) is 21.2. The molecule has 1 heterocycles. The second-order valence-corrected chi connectivity index (χ2v) is 10.5. The average Bonchev–Trinajstić information content (AvgIpc) is 2.54. The summed E-state index contributed by atoms with van der Waals surface area (Å²) in [5.74, 6) is -0.00709. The minimum absolute atomic E-state index is 0.00709. The highest BCUT2D eigenvalue weighted by Gasteiger charge is 2.32. The summed E-state index contributed by atoms with van der Waals surface area (Å²) < 4.78 is 33.1. The first-order chi connectivity index (χ1) is 12.0. The van der Waals surface area contributed by atoms with Gasteiger partial charge in [-0.2, -0.15) is 0 Å². The van der Waals surface area contributed by atoms with Gasteiger partial charge in [0.2, 0.25) is 10.0 Å². The van der Waals surface area contributed by atoms with E-state index in [-0.39, 0.29) is 17.9 Å². The zero-order valence-electron chi connectivity index (χ0n) is 15.7. The van der Waals surface area contributed by atoms with Crippen LogP contribution < -0.4 is 0 Å². The van der Waals surface area contributed by atoms with Crippen molar-refractivity contribution in [2.75, 3.05) is 20.1 Å². The molecule has 0 aromatic heterocycles. The quantitative estimate of drug-likeness (QED) is 0.708. The second-order valence-electron chi connectivity index (χ2n) is 7.60.